The monoisotopic (exact) mass is 425 g/mol. The minimum atomic E-state index is -3.82. The zero-order valence-electron chi connectivity index (χ0n) is 15.3. The van der Waals surface area contributed by atoms with E-state index in [1.165, 1.54) is 12.1 Å². The zero-order chi connectivity index (χ0) is 21.5. The molecule has 1 amide bonds. The van der Waals surface area contributed by atoms with E-state index in [0.29, 0.717) is 29.3 Å². The second-order valence-electron chi connectivity index (χ2n) is 6.64. The van der Waals surface area contributed by atoms with E-state index in [9.17, 15) is 23.5 Å². The second kappa shape index (κ2) is 7.63. The van der Waals surface area contributed by atoms with Gasteiger partial charge in [-0.25, -0.2) is 4.79 Å². The Hall–Kier alpha value is -3.09. The molecule has 3 N–H and O–H groups in total. The lowest BCUT2D eigenvalue weighted by Crippen LogP contribution is -2.41. The van der Waals surface area contributed by atoms with Crippen molar-refractivity contribution in [2.45, 2.75) is 24.4 Å². The number of aromatic nitrogens is 2. The van der Waals surface area contributed by atoms with Gasteiger partial charge in [-0.05, 0) is 24.3 Å². The molecule has 2 aromatic rings. The topological polar surface area (TPSA) is 132 Å². The number of carbonyl (C=O) groups is 1. The van der Waals surface area contributed by atoms with Gasteiger partial charge in [0, 0.05) is 11.8 Å². The molecule has 30 heavy (non-hydrogen) atoms. The van der Waals surface area contributed by atoms with Gasteiger partial charge >= 0.3 is 11.6 Å². The molecule has 0 saturated carbocycles. The van der Waals surface area contributed by atoms with Crippen molar-refractivity contribution in [1.82, 2.24) is 9.55 Å². The standard InChI is InChI=1S/C18H17F2N3O7/c19-18(20)14(25)12(8-24)30-16(18)23-4-3-13(22-17(23)27)21-15(26)9-1-2-10-11(7-9)29-6-5-28-10/h1-4,7,12,14,16,24-25H,5-6,8H2,(H,21,22,26,27)/t12-,14-,16-/m1/s1. The number of fused-ring (bicyclic) bond motifs is 1. The van der Waals surface area contributed by atoms with Crippen LogP contribution in [0, 0.1) is 0 Å². The highest BCUT2D eigenvalue weighted by Gasteiger charge is 2.59. The van der Waals surface area contributed by atoms with Gasteiger partial charge in [0.1, 0.15) is 25.1 Å². The zero-order valence-corrected chi connectivity index (χ0v) is 15.3. The van der Waals surface area contributed by atoms with E-state index in [1.807, 2.05) is 0 Å². The number of carbonyl (C=O) groups excluding carboxylic acids is 1. The van der Waals surface area contributed by atoms with Crippen LogP contribution in [0.3, 0.4) is 0 Å². The first-order chi connectivity index (χ1) is 14.3. The largest absolute Gasteiger partial charge is 0.486 e. The molecule has 0 bridgehead atoms. The summed E-state index contributed by atoms with van der Waals surface area (Å²) in [5, 5.41) is 21.0. The summed E-state index contributed by atoms with van der Waals surface area (Å²) in [6, 6.07) is 5.66. The summed E-state index contributed by atoms with van der Waals surface area (Å²) in [6.07, 6.45) is -5.02. The summed E-state index contributed by atoms with van der Waals surface area (Å²) in [7, 11) is 0. The molecule has 160 valence electrons. The number of benzene rings is 1. The van der Waals surface area contributed by atoms with Gasteiger partial charge in [-0.15, -0.1) is 0 Å². The minimum Gasteiger partial charge on any atom is -0.486 e. The van der Waals surface area contributed by atoms with Gasteiger partial charge in [-0.1, -0.05) is 0 Å². The van der Waals surface area contributed by atoms with E-state index >= 15 is 0 Å². The number of ether oxygens (including phenoxy) is 3. The van der Waals surface area contributed by atoms with Gasteiger partial charge < -0.3 is 29.7 Å². The molecule has 1 saturated heterocycles. The normalized spacial score (nSPS) is 24.5. The summed E-state index contributed by atoms with van der Waals surface area (Å²) in [6.45, 7) is -0.102. The Morgan fingerprint density at radius 2 is 2.00 bits per heavy atom. The van der Waals surface area contributed by atoms with Crippen LogP contribution in [0.5, 0.6) is 11.5 Å². The van der Waals surface area contributed by atoms with Crippen LogP contribution in [0.15, 0.2) is 35.3 Å². The number of hydrogen-bond donors (Lipinski definition) is 3. The molecule has 3 heterocycles. The van der Waals surface area contributed by atoms with Gasteiger partial charge in [0.25, 0.3) is 5.91 Å². The molecule has 3 atom stereocenters. The summed E-state index contributed by atoms with van der Waals surface area (Å²) >= 11 is 0. The van der Waals surface area contributed by atoms with Crippen molar-refractivity contribution in [3.63, 3.8) is 0 Å². The van der Waals surface area contributed by atoms with E-state index in [4.69, 9.17) is 19.3 Å². The van der Waals surface area contributed by atoms with Crippen molar-refractivity contribution in [2.24, 2.45) is 0 Å². The van der Waals surface area contributed by atoms with E-state index in [0.717, 1.165) is 12.3 Å². The molecule has 0 radical (unpaired) electrons. The van der Waals surface area contributed by atoms with E-state index in [-0.39, 0.29) is 11.4 Å². The number of halogens is 2. The third-order valence-electron chi connectivity index (χ3n) is 4.69. The molecule has 4 rings (SSSR count). The van der Waals surface area contributed by atoms with Crippen LogP contribution in [-0.4, -0.2) is 63.6 Å². The highest BCUT2D eigenvalue weighted by Crippen LogP contribution is 2.42. The molecule has 0 aliphatic carbocycles. The third kappa shape index (κ3) is 3.49. The van der Waals surface area contributed by atoms with Gasteiger partial charge in [0.05, 0.1) is 6.61 Å². The van der Waals surface area contributed by atoms with E-state index in [2.05, 4.69) is 10.3 Å². The van der Waals surface area contributed by atoms with Crippen LogP contribution in [-0.2, 0) is 4.74 Å². The molecule has 1 aromatic carbocycles. The maximum Gasteiger partial charge on any atom is 0.351 e. The minimum absolute atomic E-state index is 0.170. The molecule has 2 aliphatic heterocycles. The molecule has 0 spiro atoms. The van der Waals surface area contributed by atoms with E-state index in [1.54, 1.807) is 6.07 Å². The Bertz CT molecular complexity index is 1030. The van der Waals surface area contributed by atoms with Gasteiger partial charge in [-0.2, -0.15) is 13.8 Å². The number of nitrogens with zero attached hydrogens (tertiary/aromatic N) is 2. The molecule has 0 unspecified atom stereocenters. The number of alkyl halides is 2. The predicted molar refractivity (Wildman–Crippen MR) is 95.8 cm³/mol. The molecule has 2 aliphatic rings. The Labute approximate surface area is 167 Å². The SMILES string of the molecule is O=C(Nc1ccn([C@@H]2O[C@H](CO)[C@@H](O)C2(F)F)c(=O)n1)c1ccc2c(c1)OCCO2. The van der Waals surface area contributed by atoms with E-state index < -0.39 is 42.6 Å². The lowest BCUT2D eigenvalue weighted by molar-refractivity contribution is -0.140. The highest BCUT2D eigenvalue weighted by atomic mass is 19.3. The van der Waals surface area contributed by atoms with Crippen molar-refractivity contribution < 1.29 is 38.0 Å². The first kappa shape index (κ1) is 20.2. The number of hydrogen-bond acceptors (Lipinski definition) is 8. The molecular formula is C18H17F2N3O7. The number of aliphatic hydroxyl groups is 2. The molecule has 1 aromatic heterocycles. The van der Waals surface area contributed by atoms with Crippen LogP contribution in [0.25, 0.3) is 0 Å². The maximum absolute atomic E-state index is 14.2. The summed E-state index contributed by atoms with van der Waals surface area (Å²) in [5.41, 5.74) is -0.921. The predicted octanol–water partition coefficient (Wildman–Crippen LogP) is 0.153. The lowest BCUT2D eigenvalue weighted by atomic mass is 10.1. The van der Waals surface area contributed by atoms with Crippen LogP contribution in [0.2, 0.25) is 0 Å². The smallest absolute Gasteiger partial charge is 0.351 e. The fourth-order valence-electron chi connectivity index (χ4n) is 3.15. The molecule has 10 nitrogen and oxygen atoms in total. The Balaban J connectivity index is 1.53. The number of rotatable bonds is 4. The van der Waals surface area contributed by atoms with Crippen molar-refractivity contribution in [2.75, 3.05) is 25.1 Å². The molecular weight excluding hydrogens is 408 g/mol. The fraction of sp³-hybridized carbons (Fsp3) is 0.389. The number of nitrogens with one attached hydrogen (secondary N) is 1. The average Bonchev–Trinajstić information content (AvgIpc) is 2.96. The van der Waals surface area contributed by atoms with Crippen molar-refractivity contribution in [3.8, 4) is 11.5 Å². The summed E-state index contributed by atoms with van der Waals surface area (Å²) in [4.78, 5) is 28.2. The van der Waals surface area contributed by atoms with Crippen LogP contribution < -0.4 is 20.5 Å². The third-order valence-corrected chi connectivity index (χ3v) is 4.69. The highest BCUT2D eigenvalue weighted by molar-refractivity contribution is 6.04. The van der Waals surface area contributed by atoms with Crippen LogP contribution >= 0.6 is 0 Å². The first-order valence-electron chi connectivity index (χ1n) is 8.93. The summed E-state index contributed by atoms with van der Waals surface area (Å²) in [5.74, 6) is -3.70. The molecule has 12 heteroatoms. The maximum atomic E-state index is 14.2. The van der Waals surface area contributed by atoms with Crippen LogP contribution in [0.1, 0.15) is 16.6 Å². The van der Waals surface area contributed by atoms with Crippen LogP contribution in [0.4, 0.5) is 14.6 Å². The Morgan fingerprint density at radius 1 is 1.27 bits per heavy atom. The van der Waals surface area contributed by atoms with Gasteiger partial charge in [0.15, 0.2) is 17.6 Å². The van der Waals surface area contributed by atoms with Crippen molar-refractivity contribution in [1.29, 1.82) is 0 Å². The number of amides is 1. The fourth-order valence-corrected chi connectivity index (χ4v) is 3.15. The Morgan fingerprint density at radius 3 is 2.67 bits per heavy atom. The summed E-state index contributed by atoms with van der Waals surface area (Å²) < 4.78 is 44.6. The Kier molecular flexibility index (Phi) is 5.13. The van der Waals surface area contributed by atoms with Crippen molar-refractivity contribution in [3.05, 3.63) is 46.5 Å². The van der Waals surface area contributed by atoms with Gasteiger partial charge in [-0.3, -0.25) is 9.36 Å². The average molecular weight is 425 g/mol. The molecule has 1 fully saturated rings. The second-order valence-corrected chi connectivity index (χ2v) is 6.64. The first-order valence-corrected chi connectivity index (χ1v) is 8.93. The quantitative estimate of drug-likeness (QED) is 0.631. The van der Waals surface area contributed by atoms with Crippen molar-refractivity contribution >= 4 is 11.7 Å². The van der Waals surface area contributed by atoms with Gasteiger partial charge in [0.2, 0.25) is 6.23 Å². The lowest BCUT2D eigenvalue weighted by Gasteiger charge is -2.21. The number of aliphatic hydroxyl groups excluding tert-OH is 2. The number of anilines is 1.